The fourth-order valence-electron chi connectivity index (χ4n) is 1.07. The molecule has 4 nitrogen and oxygen atoms in total. The molecule has 0 aromatic rings. The van der Waals surface area contributed by atoms with E-state index in [2.05, 4.69) is 19.6 Å². The lowest BCUT2D eigenvalue weighted by molar-refractivity contribution is -0.108. The van der Waals surface area contributed by atoms with Crippen LogP contribution in [0.4, 0.5) is 0 Å². The largest absolute Gasteiger partial charge is 0.359 e. The van der Waals surface area contributed by atoms with E-state index in [9.17, 15) is 4.79 Å². The van der Waals surface area contributed by atoms with Gasteiger partial charge >= 0.3 is 0 Å². The van der Waals surface area contributed by atoms with Gasteiger partial charge in [-0.05, 0) is 6.04 Å². The molecule has 0 amide bonds. The number of ether oxygens (including phenoxy) is 3. The van der Waals surface area contributed by atoms with Crippen molar-refractivity contribution in [1.82, 2.24) is 0 Å². The second-order valence-electron chi connectivity index (χ2n) is 4.98. The molecule has 88 valence electrons. The van der Waals surface area contributed by atoms with Gasteiger partial charge in [-0.2, -0.15) is 0 Å². The first-order valence-electron chi connectivity index (χ1n) is 5.29. The minimum absolute atomic E-state index is 0.0388. The molecule has 1 heterocycles. The molecule has 0 saturated carbocycles. The van der Waals surface area contributed by atoms with Crippen molar-refractivity contribution in [2.24, 2.45) is 0 Å². The van der Waals surface area contributed by atoms with Crippen LogP contribution in [-0.2, 0) is 19.0 Å². The smallest absolute Gasteiger partial charge is 0.151 e. The molecule has 1 aliphatic rings. The van der Waals surface area contributed by atoms with Gasteiger partial charge in [0.05, 0.1) is 6.61 Å². The molecule has 0 aliphatic carbocycles. The minimum Gasteiger partial charge on any atom is -0.359 e. The Hall–Kier alpha value is -0.233. The number of hydrogen-bond donors (Lipinski definition) is 0. The second-order valence-corrected chi connectivity index (χ2v) is 10.6. The maximum atomic E-state index is 10.2. The highest BCUT2D eigenvalue weighted by Gasteiger charge is 2.38. The molecule has 5 heteroatoms. The van der Waals surface area contributed by atoms with E-state index >= 15 is 0 Å². The molecule has 0 radical (unpaired) electrons. The Balaban J connectivity index is 1.84. The number of aldehydes is 1. The topological polar surface area (TPSA) is 48.1 Å². The summed E-state index contributed by atoms with van der Waals surface area (Å²) in [6, 6.07) is 1.15. The fourth-order valence-corrected chi connectivity index (χ4v) is 1.83. The van der Waals surface area contributed by atoms with E-state index in [0.29, 0.717) is 13.4 Å². The molecule has 1 rings (SSSR count). The van der Waals surface area contributed by atoms with Gasteiger partial charge in [0, 0.05) is 14.7 Å². The quantitative estimate of drug-likeness (QED) is 0.208. The lowest BCUT2D eigenvalue weighted by Gasteiger charge is -2.15. The van der Waals surface area contributed by atoms with E-state index in [1.54, 1.807) is 0 Å². The first kappa shape index (κ1) is 12.8. The maximum absolute atomic E-state index is 10.2. The van der Waals surface area contributed by atoms with Gasteiger partial charge < -0.3 is 19.0 Å². The van der Waals surface area contributed by atoms with Gasteiger partial charge in [-0.15, -0.1) is 0 Å². The van der Waals surface area contributed by atoms with Crippen LogP contribution in [0.25, 0.3) is 0 Å². The Kier molecular flexibility index (Phi) is 4.91. The Morgan fingerprint density at radius 1 is 1.33 bits per heavy atom. The third-order valence-corrected chi connectivity index (χ3v) is 3.91. The van der Waals surface area contributed by atoms with Crippen LogP contribution in [-0.4, -0.2) is 46.6 Å². The van der Waals surface area contributed by atoms with Gasteiger partial charge in [0.2, 0.25) is 0 Å². The lowest BCUT2D eigenvalue weighted by atomic mass is 10.4. The standard InChI is InChI=1S/C10H20O4Si/c1-15(2,3)5-4-12-8-13-7-10-9(6-11)14-10/h6,9-10H,4-5,7-8H2,1-3H3. The van der Waals surface area contributed by atoms with Crippen LogP contribution in [0.15, 0.2) is 0 Å². The third kappa shape index (κ3) is 6.04. The monoisotopic (exact) mass is 232 g/mol. The van der Waals surface area contributed by atoms with E-state index in [-0.39, 0.29) is 12.2 Å². The summed E-state index contributed by atoms with van der Waals surface area (Å²) in [6.07, 6.45) is 0.523. The van der Waals surface area contributed by atoms with E-state index in [4.69, 9.17) is 14.2 Å². The summed E-state index contributed by atoms with van der Waals surface area (Å²) in [6.45, 7) is 8.45. The first-order valence-corrected chi connectivity index (χ1v) is 9.00. The summed E-state index contributed by atoms with van der Waals surface area (Å²) in [4.78, 5) is 10.2. The van der Waals surface area contributed by atoms with Gasteiger partial charge in [-0.1, -0.05) is 19.6 Å². The van der Waals surface area contributed by atoms with Crippen molar-refractivity contribution < 1.29 is 19.0 Å². The van der Waals surface area contributed by atoms with E-state index < -0.39 is 8.07 Å². The second kappa shape index (κ2) is 5.74. The molecule has 2 unspecified atom stereocenters. The maximum Gasteiger partial charge on any atom is 0.151 e. The Morgan fingerprint density at radius 2 is 2.07 bits per heavy atom. The summed E-state index contributed by atoms with van der Waals surface area (Å²) < 4.78 is 15.5. The molecule has 0 N–H and O–H groups in total. The zero-order chi connectivity index (χ0) is 11.3. The van der Waals surface area contributed by atoms with Gasteiger partial charge in [-0.3, -0.25) is 0 Å². The SMILES string of the molecule is C[Si](C)(C)CCOCOCC1OC1C=O. The number of rotatable bonds is 8. The van der Waals surface area contributed by atoms with Crippen LogP contribution < -0.4 is 0 Å². The zero-order valence-corrected chi connectivity index (χ0v) is 10.7. The van der Waals surface area contributed by atoms with Gasteiger partial charge in [-0.25, -0.2) is 0 Å². The minimum atomic E-state index is -0.995. The predicted octanol–water partition coefficient (Wildman–Crippen LogP) is 1.28. The molecular weight excluding hydrogens is 212 g/mol. The van der Waals surface area contributed by atoms with Crippen LogP contribution in [0.3, 0.4) is 0 Å². The van der Waals surface area contributed by atoms with Crippen molar-refractivity contribution in [2.75, 3.05) is 20.0 Å². The number of carbonyl (C=O) groups is 1. The molecule has 1 saturated heterocycles. The molecule has 1 fully saturated rings. The van der Waals surface area contributed by atoms with Crippen LogP contribution in [0.2, 0.25) is 25.7 Å². The summed E-state index contributed by atoms with van der Waals surface area (Å²) in [5.41, 5.74) is 0. The molecule has 2 atom stereocenters. The number of carbonyl (C=O) groups excluding carboxylic acids is 1. The summed E-state index contributed by atoms with van der Waals surface area (Å²) in [7, 11) is -0.995. The van der Waals surface area contributed by atoms with Crippen molar-refractivity contribution in [3.8, 4) is 0 Å². The van der Waals surface area contributed by atoms with Crippen LogP contribution in [0.1, 0.15) is 0 Å². The first-order chi connectivity index (χ1) is 7.03. The Morgan fingerprint density at radius 3 is 2.60 bits per heavy atom. The average Bonchev–Trinajstić information content (AvgIpc) is 2.88. The molecule has 0 bridgehead atoms. The molecule has 1 aliphatic heterocycles. The van der Waals surface area contributed by atoms with Crippen molar-refractivity contribution in [2.45, 2.75) is 37.9 Å². The summed E-state index contributed by atoms with van der Waals surface area (Å²) in [5, 5.41) is 0. The Labute approximate surface area is 91.9 Å². The van der Waals surface area contributed by atoms with Crippen LogP contribution >= 0.6 is 0 Å². The zero-order valence-electron chi connectivity index (χ0n) is 9.69. The van der Waals surface area contributed by atoms with Crippen molar-refractivity contribution >= 4 is 14.4 Å². The van der Waals surface area contributed by atoms with Crippen LogP contribution in [0, 0.1) is 0 Å². The molecule has 0 aromatic carbocycles. The third-order valence-electron chi connectivity index (χ3n) is 2.20. The summed E-state index contributed by atoms with van der Waals surface area (Å²) >= 11 is 0. The van der Waals surface area contributed by atoms with Crippen molar-refractivity contribution in [1.29, 1.82) is 0 Å². The molecule has 0 spiro atoms. The fraction of sp³-hybridized carbons (Fsp3) is 0.900. The normalized spacial score (nSPS) is 25.3. The van der Waals surface area contributed by atoms with E-state index in [1.807, 2.05) is 0 Å². The lowest BCUT2D eigenvalue weighted by Crippen LogP contribution is -2.22. The van der Waals surface area contributed by atoms with Gasteiger partial charge in [0.15, 0.2) is 6.29 Å². The highest BCUT2D eigenvalue weighted by Crippen LogP contribution is 2.19. The number of hydrogen-bond acceptors (Lipinski definition) is 4. The van der Waals surface area contributed by atoms with Crippen molar-refractivity contribution in [3.63, 3.8) is 0 Å². The molecule has 15 heavy (non-hydrogen) atoms. The average molecular weight is 232 g/mol. The predicted molar refractivity (Wildman–Crippen MR) is 59.6 cm³/mol. The Bertz CT molecular complexity index is 202. The number of epoxide rings is 1. The van der Waals surface area contributed by atoms with Crippen molar-refractivity contribution in [3.05, 3.63) is 0 Å². The van der Waals surface area contributed by atoms with Crippen LogP contribution in [0.5, 0.6) is 0 Å². The molecular formula is C10H20O4Si. The summed E-state index contributed by atoms with van der Waals surface area (Å²) in [5.74, 6) is 0. The molecule has 0 aromatic heterocycles. The highest BCUT2D eigenvalue weighted by atomic mass is 28.3. The van der Waals surface area contributed by atoms with E-state index in [0.717, 1.165) is 18.9 Å². The van der Waals surface area contributed by atoms with Gasteiger partial charge in [0.1, 0.15) is 19.0 Å². The highest BCUT2D eigenvalue weighted by molar-refractivity contribution is 6.76. The van der Waals surface area contributed by atoms with Gasteiger partial charge in [0.25, 0.3) is 0 Å². The van der Waals surface area contributed by atoms with E-state index in [1.165, 1.54) is 0 Å².